The van der Waals surface area contributed by atoms with E-state index in [4.69, 9.17) is 4.74 Å². The maximum Gasteiger partial charge on any atom is 0.235 e. The molecule has 1 atom stereocenters. The van der Waals surface area contributed by atoms with Crippen molar-refractivity contribution in [1.29, 1.82) is 5.26 Å². The number of hydrogen-bond acceptors (Lipinski definition) is 7. The molecular formula is C22H25N7O2S. The fourth-order valence-electron chi connectivity index (χ4n) is 4.67. The lowest BCUT2D eigenvalue weighted by Gasteiger charge is -2.19. The number of rotatable bonds is 6. The Morgan fingerprint density at radius 3 is 3.03 bits per heavy atom. The molecule has 1 aliphatic heterocycles. The first kappa shape index (κ1) is 21.0. The first-order valence-corrected chi connectivity index (χ1v) is 12.0. The number of aromatic nitrogens is 5. The van der Waals surface area contributed by atoms with Crippen molar-refractivity contribution >= 4 is 34.5 Å². The van der Waals surface area contributed by atoms with Gasteiger partial charge in [0.1, 0.15) is 23.2 Å². The average Bonchev–Trinajstić information content (AvgIpc) is 3.52. The first-order valence-electron chi connectivity index (χ1n) is 11.0. The molecule has 3 aromatic rings. The van der Waals surface area contributed by atoms with Gasteiger partial charge in [0.15, 0.2) is 5.65 Å². The first-order chi connectivity index (χ1) is 15.7. The second-order valence-corrected chi connectivity index (χ2v) is 9.20. The van der Waals surface area contributed by atoms with Gasteiger partial charge in [0.05, 0.1) is 35.5 Å². The molecule has 0 aromatic carbocycles. The summed E-state index contributed by atoms with van der Waals surface area (Å²) in [6, 6.07) is 2.36. The number of nitrogens with zero attached hydrogens (tertiary/aromatic N) is 6. The third-order valence-corrected chi connectivity index (χ3v) is 7.19. The number of fused-ring (bicyclic) bond motifs is 2. The van der Waals surface area contributed by atoms with Crippen molar-refractivity contribution in [3.63, 3.8) is 0 Å². The van der Waals surface area contributed by atoms with E-state index in [9.17, 15) is 10.1 Å². The molecule has 4 heterocycles. The fraction of sp³-hybridized carbons (Fsp3) is 0.500. The zero-order valence-corrected chi connectivity index (χ0v) is 18.8. The van der Waals surface area contributed by atoms with E-state index in [-0.39, 0.29) is 17.8 Å². The smallest absolute Gasteiger partial charge is 0.235 e. The minimum atomic E-state index is -0.161. The summed E-state index contributed by atoms with van der Waals surface area (Å²) in [5, 5.41) is 18.7. The molecule has 0 bridgehead atoms. The van der Waals surface area contributed by atoms with Crippen LogP contribution < -0.4 is 5.32 Å². The minimum absolute atomic E-state index is 0.130. The summed E-state index contributed by atoms with van der Waals surface area (Å²) in [5.41, 5.74) is 3.60. The third kappa shape index (κ3) is 3.87. The molecule has 2 aliphatic rings. The molecule has 5 rings (SSSR count). The summed E-state index contributed by atoms with van der Waals surface area (Å²) in [5.74, 6) is 0.641. The van der Waals surface area contributed by atoms with Gasteiger partial charge >= 0.3 is 0 Å². The maximum atomic E-state index is 12.9. The molecule has 3 aromatic heterocycles. The molecule has 166 valence electrons. The number of aryl methyl sites for hydroxylation is 1. The molecule has 1 saturated heterocycles. The van der Waals surface area contributed by atoms with Crippen molar-refractivity contribution in [1.82, 2.24) is 24.3 Å². The molecule has 1 amide bonds. The predicted octanol–water partition coefficient (Wildman–Crippen LogP) is 2.83. The Kier molecular flexibility index (Phi) is 5.85. The molecule has 1 fully saturated rings. The normalized spacial score (nSPS) is 17.9. The maximum absolute atomic E-state index is 12.9. The van der Waals surface area contributed by atoms with E-state index in [2.05, 4.69) is 31.0 Å². The van der Waals surface area contributed by atoms with Gasteiger partial charge in [-0.3, -0.25) is 9.48 Å². The Hall–Kier alpha value is -2.90. The lowest BCUT2D eigenvalue weighted by atomic mass is 9.95. The Balaban J connectivity index is 1.38. The van der Waals surface area contributed by atoms with Crippen LogP contribution in [0.1, 0.15) is 42.5 Å². The summed E-state index contributed by atoms with van der Waals surface area (Å²) in [6.07, 6.45) is 9.38. The number of anilines is 1. The summed E-state index contributed by atoms with van der Waals surface area (Å²) < 4.78 is 9.67. The number of nitriles is 1. The van der Waals surface area contributed by atoms with Crippen LogP contribution in [-0.2, 0) is 36.0 Å². The Morgan fingerprint density at radius 2 is 2.22 bits per heavy atom. The Labute approximate surface area is 190 Å². The Morgan fingerprint density at radius 1 is 1.34 bits per heavy atom. The number of carbonyl (C=O) groups excluding carboxylic acids is 1. The third-order valence-electron chi connectivity index (χ3n) is 6.19. The highest BCUT2D eigenvalue weighted by atomic mass is 32.2. The topological polar surface area (TPSA) is 111 Å². The van der Waals surface area contributed by atoms with Gasteiger partial charge in [-0.2, -0.15) is 10.4 Å². The highest BCUT2D eigenvalue weighted by Gasteiger charge is 2.28. The number of hydrogen-bond donors (Lipinski definition) is 1. The van der Waals surface area contributed by atoms with Crippen LogP contribution in [0, 0.1) is 11.3 Å². The molecule has 0 radical (unpaired) electrons. The predicted molar refractivity (Wildman–Crippen MR) is 120 cm³/mol. The second-order valence-electron chi connectivity index (χ2n) is 8.23. The number of thioether (sulfide) groups is 1. The molecule has 1 N–H and O–H groups in total. The van der Waals surface area contributed by atoms with Crippen molar-refractivity contribution in [2.45, 2.75) is 56.2 Å². The lowest BCUT2D eigenvalue weighted by molar-refractivity contribution is -0.113. The quantitative estimate of drug-likeness (QED) is 0.453. The van der Waals surface area contributed by atoms with Gasteiger partial charge in [-0.15, -0.1) is 0 Å². The van der Waals surface area contributed by atoms with Crippen LogP contribution in [0.3, 0.4) is 0 Å². The standard InChI is InChI=1S/C22H25N7O2S/c1-28-20-17(10-26-28)22(25-13-24-20)32-12-19(30)27-21-16(9-23)15-6-2-3-7-18(15)29(21)11-14-5-4-8-31-14/h10,13-14H,2-8,11-12H2,1H3,(H,27,30)/t14-/m0/s1. The summed E-state index contributed by atoms with van der Waals surface area (Å²) >= 11 is 1.34. The number of nitrogens with one attached hydrogen (secondary N) is 1. The molecule has 0 spiro atoms. The highest BCUT2D eigenvalue weighted by Crippen LogP contribution is 2.34. The van der Waals surface area contributed by atoms with Gasteiger partial charge < -0.3 is 14.6 Å². The second kappa shape index (κ2) is 8.92. The zero-order chi connectivity index (χ0) is 22.1. The largest absolute Gasteiger partial charge is 0.376 e. The van der Waals surface area contributed by atoms with Gasteiger partial charge in [-0.1, -0.05) is 11.8 Å². The van der Waals surface area contributed by atoms with Crippen molar-refractivity contribution in [2.75, 3.05) is 17.7 Å². The Bertz CT molecular complexity index is 1200. The number of ether oxygens (including phenoxy) is 1. The van der Waals surface area contributed by atoms with Crippen LogP contribution in [-0.4, -0.2) is 48.7 Å². The monoisotopic (exact) mass is 451 g/mol. The van der Waals surface area contributed by atoms with E-state index in [0.717, 1.165) is 61.7 Å². The van der Waals surface area contributed by atoms with Crippen molar-refractivity contribution in [3.05, 3.63) is 29.3 Å². The SMILES string of the molecule is Cn1ncc2c(SCC(=O)Nc3c(C#N)c4c(n3C[C@@H]3CCCO3)CCCC4)ncnc21. The van der Waals surface area contributed by atoms with E-state index < -0.39 is 0 Å². The summed E-state index contributed by atoms with van der Waals surface area (Å²) in [4.78, 5) is 21.5. The summed E-state index contributed by atoms with van der Waals surface area (Å²) in [7, 11) is 1.82. The number of amides is 1. The van der Waals surface area contributed by atoms with E-state index in [1.54, 1.807) is 10.9 Å². The van der Waals surface area contributed by atoms with E-state index in [1.807, 2.05) is 7.05 Å². The van der Waals surface area contributed by atoms with Crippen LogP contribution in [0.25, 0.3) is 11.0 Å². The fourth-order valence-corrected chi connectivity index (χ4v) is 5.43. The molecule has 32 heavy (non-hydrogen) atoms. The molecular weight excluding hydrogens is 426 g/mol. The van der Waals surface area contributed by atoms with Gasteiger partial charge in [0.25, 0.3) is 0 Å². The molecule has 10 heteroatoms. The molecule has 0 saturated carbocycles. The minimum Gasteiger partial charge on any atom is -0.376 e. The molecule has 1 aliphatic carbocycles. The van der Waals surface area contributed by atoms with E-state index in [0.29, 0.717) is 23.0 Å². The van der Waals surface area contributed by atoms with E-state index in [1.165, 1.54) is 23.8 Å². The van der Waals surface area contributed by atoms with Crippen molar-refractivity contribution in [2.24, 2.45) is 7.05 Å². The summed E-state index contributed by atoms with van der Waals surface area (Å²) in [6.45, 7) is 1.45. The van der Waals surface area contributed by atoms with Gasteiger partial charge in [-0.05, 0) is 44.1 Å². The molecule has 9 nitrogen and oxygen atoms in total. The average molecular weight is 452 g/mol. The van der Waals surface area contributed by atoms with Crippen LogP contribution in [0.5, 0.6) is 0 Å². The van der Waals surface area contributed by atoms with Crippen molar-refractivity contribution in [3.8, 4) is 6.07 Å². The zero-order valence-electron chi connectivity index (χ0n) is 18.0. The van der Waals surface area contributed by atoms with E-state index >= 15 is 0 Å². The van der Waals surface area contributed by atoms with Gasteiger partial charge in [0.2, 0.25) is 5.91 Å². The van der Waals surface area contributed by atoms with Crippen LogP contribution in [0.15, 0.2) is 17.6 Å². The van der Waals surface area contributed by atoms with Crippen LogP contribution in [0.2, 0.25) is 0 Å². The van der Waals surface area contributed by atoms with Crippen LogP contribution in [0.4, 0.5) is 5.82 Å². The lowest BCUT2D eigenvalue weighted by Crippen LogP contribution is -2.23. The van der Waals surface area contributed by atoms with Crippen molar-refractivity contribution < 1.29 is 9.53 Å². The van der Waals surface area contributed by atoms with Gasteiger partial charge in [0, 0.05) is 19.3 Å². The number of carbonyl (C=O) groups is 1. The highest BCUT2D eigenvalue weighted by molar-refractivity contribution is 8.00. The molecule has 0 unspecified atom stereocenters. The van der Waals surface area contributed by atoms with Crippen LogP contribution >= 0.6 is 11.8 Å². The van der Waals surface area contributed by atoms with Gasteiger partial charge in [-0.25, -0.2) is 9.97 Å².